The number of rotatable bonds is 5. The summed E-state index contributed by atoms with van der Waals surface area (Å²) in [6.07, 6.45) is 3.74. The zero-order valence-electron chi connectivity index (χ0n) is 20.6. The average Bonchev–Trinajstić information content (AvgIpc) is 3.41. The summed E-state index contributed by atoms with van der Waals surface area (Å²) in [5.74, 6) is -3.36. The number of imide groups is 1. The topological polar surface area (TPSA) is 127 Å². The molecule has 10 heteroatoms. The molecule has 6 rings (SSSR count). The van der Waals surface area contributed by atoms with Crippen molar-refractivity contribution in [2.45, 2.75) is 19.0 Å². The Balaban J connectivity index is 1.42. The molecule has 0 bridgehead atoms. The van der Waals surface area contributed by atoms with Crippen molar-refractivity contribution >= 4 is 46.7 Å². The van der Waals surface area contributed by atoms with Gasteiger partial charge in [-0.2, -0.15) is 0 Å². The lowest BCUT2D eigenvalue weighted by Gasteiger charge is -2.36. The zero-order valence-corrected chi connectivity index (χ0v) is 20.6. The van der Waals surface area contributed by atoms with Crippen LogP contribution in [-0.2, 0) is 14.4 Å². The first-order chi connectivity index (χ1) is 18.8. The van der Waals surface area contributed by atoms with Gasteiger partial charge >= 0.3 is 5.97 Å². The van der Waals surface area contributed by atoms with Gasteiger partial charge in [0.15, 0.2) is 5.78 Å². The van der Waals surface area contributed by atoms with Crippen molar-refractivity contribution in [3.63, 3.8) is 0 Å². The molecule has 0 N–H and O–H groups in total. The number of para-hydroxylation sites is 1. The van der Waals surface area contributed by atoms with Crippen molar-refractivity contribution in [3.05, 3.63) is 100 Å². The van der Waals surface area contributed by atoms with Gasteiger partial charge in [-0.3, -0.25) is 29.3 Å². The number of esters is 1. The Hall–Kier alpha value is -5.12. The normalized spacial score (nSPS) is 22.8. The van der Waals surface area contributed by atoms with E-state index < -0.39 is 46.6 Å². The Kier molecular flexibility index (Phi) is 5.60. The molecule has 0 saturated carbocycles. The fraction of sp³-hybridized carbons (Fsp3) is 0.172. The molecule has 0 unspecified atom stereocenters. The van der Waals surface area contributed by atoms with Gasteiger partial charge in [-0.25, -0.2) is 4.90 Å². The van der Waals surface area contributed by atoms with Crippen molar-refractivity contribution in [1.82, 2.24) is 0 Å². The summed E-state index contributed by atoms with van der Waals surface area (Å²) in [6.45, 7) is 1.28. The monoisotopic (exact) mass is 523 g/mol. The number of nitro groups is 1. The van der Waals surface area contributed by atoms with Crippen molar-refractivity contribution < 1.29 is 28.8 Å². The van der Waals surface area contributed by atoms with E-state index in [0.717, 1.165) is 16.2 Å². The third-order valence-electron chi connectivity index (χ3n) is 7.40. The van der Waals surface area contributed by atoms with Gasteiger partial charge in [-0.05, 0) is 48.0 Å². The van der Waals surface area contributed by atoms with Crippen LogP contribution < -0.4 is 14.5 Å². The van der Waals surface area contributed by atoms with Crippen LogP contribution in [0.1, 0.15) is 22.8 Å². The van der Waals surface area contributed by atoms with E-state index in [1.807, 2.05) is 41.3 Å². The molecule has 4 atom stereocenters. The fourth-order valence-electron chi connectivity index (χ4n) is 5.82. The second-order valence-electron chi connectivity index (χ2n) is 9.58. The van der Waals surface area contributed by atoms with Crippen molar-refractivity contribution in [2.24, 2.45) is 11.8 Å². The lowest BCUT2D eigenvalue weighted by Crippen LogP contribution is -2.48. The van der Waals surface area contributed by atoms with E-state index in [4.69, 9.17) is 4.74 Å². The second kappa shape index (κ2) is 9.02. The maximum Gasteiger partial charge on any atom is 0.308 e. The number of nitro benzene ring substituents is 1. The Morgan fingerprint density at radius 1 is 0.897 bits per heavy atom. The lowest BCUT2D eigenvalue weighted by molar-refractivity contribution is -0.384. The van der Waals surface area contributed by atoms with Gasteiger partial charge in [0.1, 0.15) is 11.8 Å². The maximum atomic E-state index is 14.1. The Labute approximate surface area is 222 Å². The minimum Gasteiger partial charge on any atom is -0.427 e. The summed E-state index contributed by atoms with van der Waals surface area (Å²) < 4.78 is 5.08. The van der Waals surface area contributed by atoms with Crippen LogP contribution in [0.15, 0.2) is 78.9 Å². The molecule has 0 aliphatic carbocycles. The number of ether oxygens (including phenoxy) is 1. The highest BCUT2D eigenvalue weighted by Crippen LogP contribution is 2.49. The van der Waals surface area contributed by atoms with Gasteiger partial charge in [0.05, 0.1) is 28.5 Å². The predicted octanol–water partition coefficient (Wildman–Crippen LogP) is 3.79. The molecule has 10 nitrogen and oxygen atoms in total. The molecule has 3 aliphatic rings. The van der Waals surface area contributed by atoms with E-state index in [0.29, 0.717) is 5.56 Å². The molecule has 194 valence electrons. The van der Waals surface area contributed by atoms with E-state index in [9.17, 15) is 29.3 Å². The number of hydrogen-bond donors (Lipinski definition) is 0. The number of benzene rings is 3. The summed E-state index contributed by atoms with van der Waals surface area (Å²) in [7, 11) is 0. The highest BCUT2D eigenvalue weighted by molar-refractivity contribution is 6.25. The molecular formula is C29H21N3O7. The molecule has 2 fully saturated rings. The summed E-state index contributed by atoms with van der Waals surface area (Å²) >= 11 is 0. The Morgan fingerprint density at radius 2 is 1.56 bits per heavy atom. The highest BCUT2D eigenvalue weighted by atomic mass is 16.6. The first kappa shape index (κ1) is 24.2. The van der Waals surface area contributed by atoms with Crippen molar-refractivity contribution in [2.75, 3.05) is 9.80 Å². The van der Waals surface area contributed by atoms with Gasteiger partial charge in [0, 0.05) is 30.3 Å². The molecule has 0 spiro atoms. The molecular weight excluding hydrogens is 502 g/mol. The number of ketones is 1. The largest absolute Gasteiger partial charge is 0.427 e. The number of nitrogens with zero attached hydrogens (tertiary/aromatic N) is 3. The van der Waals surface area contributed by atoms with Gasteiger partial charge in [0.2, 0.25) is 11.8 Å². The van der Waals surface area contributed by atoms with Crippen LogP contribution >= 0.6 is 0 Å². The number of Topliss-reactive ketones (excluding diaryl/α,β-unsaturated/α-hetero) is 1. The standard InChI is InChI=1S/C29H21N3O7/c1-16(33)39-21-13-6-18(7-14-21)27(34)26-25-24(23-15-8-17-4-2-3-5-22(17)31(23)26)28(35)30(29(25)36)19-9-11-20(12-10-19)32(37)38/h2-15,23-26H,1H3/t23-,24-,25-,26-/m1/s1. The Bertz CT molecular complexity index is 1580. The first-order valence-corrected chi connectivity index (χ1v) is 12.3. The van der Waals surface area contributed by atoms with Crippen LogP contribution in [0.3, 0.4) is 0 Å². The molecule has 3 aromatic rings. The van der Waals surface area contributed by atoms with Gasteiger partial charge in [-0.15, -0.1) is 0 Å². The number of hydrogen-bond acceptors (Lipinski definition) is 8. The Morgan fingerprint density at radius 3 is 2.23 bits per heavy atom. The third-order valence-corrected chi connectivity index (χ3v) is 7.40. The minimum absolute atomic E-state index is 0.165. The van der Waals surface area contributed by atoms with Gasteiger partial charge in [0.25, 0.3) is 5.69 Å². The summed E-state index contributed by atoms with van der Waals surface area (Å²) in [4.78, 5) is 66.5. The molecule has 3 aromatic carbocycles. The third kappa shape index (κ3) is 3.80. The lowest BCUT2D eigenvalue weighted by atomic mass is 9.86. The fourth-order valence-corrected chi connectivity index (χ4v) is 5.82. The van der Waals surface area contributed by atoms with E-state index in [2.05, 4.69) is 0 Å². The predicted molar refractivity (Wildman–Crippen MR) is 140 cm³/mol. The van der Waals surface area contributed by atoms with Crippen LogP contribution in [0.2, 0.25) is 0 Å². The molecule has 0 aromatic heterocycles. The number of amides is 2. The summed E-state index contributed by atoms with van der Waals surface area (Å²) in [5.41, 5.74) is 1.96. The molecule has 2 saturated heterocycles. The first-order valence-electron chi connectivity index (χ1n) is 12.3. The zero-order chi connectivity index (χ0) is 27.4. The number of fused-ring (bicyclic) bond motifs is 5. The van der Waals surface area contributed by atoms with E-state index in [1.165, 1.54) is 55.5 Å². The van der Waals surface area contributed by atoms with Crippen molar-refractivity contribution in [1.29, 1.82) is 0 Å². The van der Waals surface area contributed by atoms with Crippen LogP contribution in [0.5, 0.6) is 5.75 Å². The quantitative estimate of drug-likeness (QED) is 0.123. The molecule has 3 heterocycles. The summed E-state index contributed by atoms with van der Waals surface area (Å²) in [6, 6.07) is 17.2. The smallest absolute Gasteiger partial charge is 0.308 e. The van der Waals surface area contributed by atoms with E-state index in [1.54, 1.807) is 0 Å². The minimum atomic E-state index is -0.981. The number of anilines is 2. The maximum absolute atomic E-state index is 14.1. The molecule has 2 amide bonds. The average molecular weight is 524 g/mol. The van der Waals surface area contributed by atoms with Crippen molar-refractivity contribution in [3.8, 4) is 5.75 Å². The van der Waals surface area contributed by atoms with Gasteiger partial charge < -0.3 is 9.64 Å². The summed E-state index contributed by atoms with van der Waals surface area (Å²) in [5, 5.41) is 11.1. The SMILES string of the molecule is CC(=O)Oc1ccc(C(=O)[C@H]2[C@@H]3C(=O)N(c4ccc([N+](=O)[O-])cc4)C(=O)[C@@H]3[C@H]3C=Cc4ccccc4N32)cc1. The van der Waals surface area contributed by atoms with E-state index in [-0.39, 0.29) is 22.9 Å². The molecule has 39 heavy (non-hydrogen) atoms. The van der Waals surface area contributed by atoms with Crippen LogP contribution in [0, 0.1) is 22.0 Å². The molecule has 3 aliphatic heterocycles. The molecule has 0 radical (unpaired) electrons. The van der Waals surface area contributed by atoms with Crippen LogP contribution in [0.25, 0.3) is 6.08 Å². The number of carbonyl (C=O) groups excluding carboxylic acids is 4. The van der Waals surface area contributed by atoms with E-state index >= 15 is 0 Å². The number of non-ortho nitro benzene ring substituents is 1. The highest BCUT2D eigenvalue weighted by Gasteiger charge is 2.64. The second-order valence-corrected chi connectivity index (χ2v) is 9.58. The number of carbonyl (C=O) groups is 4. The van der Waals surface area contributed by atoms with Crippen LogP contribution in [-0.4, -0.2) is 40.6 Å². The van der Waals surface area contributed by atoms with Crippen LogP contribution in [0.4, 0.5) is 17.1 Å². The van der Waals surface area contributed by atoms with Gasteiger partial charge in [-0.1, -0.05) is 30.4 Å².